The van der Waals surface area contributed by atoms with Gasteiger partial charge in [-0.3, -0.25) is 15.1 Å². The van der Waals surface area contributed by atoms with Gasteiger partial charge in [0.2, 0.25) is 0 Å². The van der Waals surface area contributed by atoms with Crippen LogP contribution in [0.3, 0.4) is 0 Å². The molecule has 0 bridgehead atoms. The number of pyridine rings is 2. The van der Waals surface area contributed by atoms with Crippen LogP contribution in [-0.2, 0) is 6.42 Å². The SMILES string of the molecule is O=C(O)c1cc(NCCc2cccnc2)ncc1[N+](=O)[O-]. The van der Waals surface area contributed by atoms with Gasteiger partial charge in [-0.1, -0.05) is 6.07 Å². The first-order chi connectivity index (χ1) is 10.1. The van der Waals surface area contributed by atoms with Gasteiger partial charge < -0.3 is 10.4 Å². The molecule has 0 aliphatic heterocycles. The van der Waals surface area contributed by atoms with Gasteiger partial charge in [0.25, 0.3) is 0 Å². The summed E-state index contributed by atoms with van der Waals surface area (Å²) < 4.78 is 0. The highest BCUT2D eigenvalue weighted by atomic mass is 16.6. The number of hydrogen-bond donors (Lipinski definition) is 2. The lowest BCUT2D eigenvalue weighted by molar-refractivity contribution is -0.385. The fraction of sp³-hybridized carbons (Fsp3) is 0.154. The Kier molecular flexibility index (Phi) is 4.39. The Balaban J connectivity index is 2.05. The smallest absolute Gasteiger partial charge is 0.342 e. The third-order valence-electron chi connectivity index (χ3n) is 2.75. The van der Waals surface area contributed by atoms with Crippen LogP contribution in [0.4, 0.5) is 11.5 Å². The minimum absolute atomic E-state index is 0.280. The topological polar surface area (TPSA) is 118 Å². The highest BCUT2D eigenvalue weighted by Crippen LogP contribution is 2.20. The monoisotopic (exact) mass is 288 g/mol. The molecule has 108 valence electrons. The Morgan fingerprint density at radius 3 is 2.86 bits per heavy atom. The van der Waals surface area contributed by atoms with Gasteiger partial charge in [0.05, 0.1) is 4.92 Å². The highest BCUT2D eigenvalue weighted by Gasteiger charge is 2.20. The standard InChI is InChI=1S/C13H12N4O4/c18-13(19)10-6-12(16-8-11(10)17(20)21)15-5-3-9-2-1-4-14-7-9/h1-2,4,6-8H,3,5H2,(H,15,16)(H,18,19). The maximum absolute atomic E-state index is 11.0. The highest BCUT2D eigenvalue weighted by molar-refractivity contribution is 5.93. The lowest BCUT2D eigenvalue weighted by Crippen LogP contribution is -2.09. The minimum Gasteiger partial charge on any atom is -0.477 e. The normalized spacial score (nSPS) is 10.1. The molecule has 0 saturated carbocycles. The molecule has 0 radical (unpaired) electrons. The Morgan fingerprint density at radius 1 is 1.43 bits per heavy atom. The van der Waals surface area contributed by atoms with Gasteiger partial charge in [-0.05, 0) is 18.1 Å². The zero-order chi connectivity index (χ0) is 15.2. The largest absolute Gasteiger partial charge is 0.477 e. The Hall–Kier alpha value is -3.03. The molecule has 2 rings (SSSR count). The number of rotatable bonds is 6. The van der Waals surface area contributed by atoms with Gasteiger partial charge >= 0.3 is 11.7 Å². The average Bonchev–Trinajstić information content (AvgIpc) is 2.48. The van der Waals surface area contributed by atoms with Crippen molar-refractivity contribution < 1.29 is 14.8 Å². The number of nitrogens with zero attached hydrogens (tertiary/aromatic N) is 3. The van der Waals surface area contributed by atoms with E-state index in [0.29, 0.717) is 13.0 Å². The number of carboxylic acids is 1. The van der Waals surface area contributed by atoms with Crippen molar-refractivity contribution in [1.82, 2.24) is 9.97 Å². The molecule has 8 heteroatoms. The second kappa shape index (κ2) is 6.42. The Labute approximate surface area is 119 Å². The van der Waals surface area contributed by atoms with Crippen LogP contribution in [0, 0.1) is 10.1 Å². The Bertz CT molecular complexity index is 660. The summed E-state index contributed by atoms with van der Waals surface area (Å²) in [5.74, 6) is -1.08. The number of aromatic nitrogens is 2. The first-order valence-corrected chi connectivity index (χ1v) is 6.08. The molecule has 0 unspecified atom stereocenters. The minimum atomic E-state index is -1.36. The maximum Gasteiger partial charge on any atom is 0.342 e. The van der Waals surface area contributed by atoms with Crippen LogP contribution in [0.25, 0.3) is 0 Å². The van der Waals surface area contributed by atoms with Gasteiger partial charge in [0.1, 0.15) is 17.6 Å². The molecule has 0 atom stereocenters. The Morgan fingerprint density at radius 2 is 2.24 bits per heavy atom. The van der Waals surface area contributed by atoms with Gasteiger partial charge in [-0.15, -0.1) is 0 Å². The number of aromatic carboxylic acids is 1. The summed E-state index contributed by atoms with van der Waals surface area (Å²) in [5, 5.41) is 22.6. The summed E-state index contributed by atoms with van der Waals surface area (Å²) in [6.45, 7) is 0.509. The number of nitro groups is 1. The molecule has 2 N–H and O–H groups in total. The molecule has 8 nitrogen and oxygen atoms in total. The summed E-state index contributed by atoms with van der Waals surface area (Å²) in [6, 6.07) is 4.90. The van der Waals surface area contributed by atoms with Crippen molar-refractivity contribution in [1.29, 1.82) is 0 Å². The van der Waals surface area contributed by atoms with E-state index in [4.69, 9.17) is 5.11 Å². The maximum atomic E-state index is 11.0. The lowest BCUT2D eigenvalue weighted by Gasteiger charge is -2.06. The van der Waals surface area contributed by atoms with Gasteiger partial charge in [0.15, 0.2) is 0 Å². The average molecular weight is 288 g/mol. The van der Waals surface area contributed by atoms with E-state index in [-0.39, 0.29) is 11.4 Å². The molecule has 2 aromatic rings. The molecule has 0 fully saturated rings. The fourth-order valence-electron chi connectivity index (χ4n) is 1.74. The summed E-state index contributed by atoms with van der Waals surface area (Å²) >= 11 is 0. The van der Waals surface area contributed by atoms with Crippen LogP contribution in [0.5, 0.6) is 0 Å². The molecular weight excluding hydrogens is 276 g/mol. The third kappa shape index (κ3) is 3.72. The zero-order valence-electron chi connectivity index (χ0n) is 10.9. The number of carboxylic acid groups (broad SMARTS) is 1. The van der Waals surface area contributed by atoms with Gasteiger partial charge in [-0.25, -0.2) is 9.78 Å². The third-order valence-corrected chi connectivity index (χ3v) is 2.75. The second-order valence-electron chi connectivity index (χ2n) is 4.19. The summed E-state index contributed by atoms with van der Waals surface area (Å²) in [6.07, 6.45) is 5.02. The fourth-order valence-corrected chi connectivity index (χ4v) is 1.74. The van der Waals surface area contributed by atoms with Crippen molar-refractivity contribution in [2.24, 2.45) is 0 Å². The van der Waals surface area contributed by atoms with Crippen LogP contribution in [0.15, 0.2) is 36.8 Å². The van der Waals surface area contributed by atoms with E-state index in [9.17, 15) is 14.9 Å². The van der Waals surface area contributed by atoms with Gasteiger partial charge in [-0.2, -0.15) is 0 Å². The van der Waals surface area contributed by atoms with Crippen LogP contribution in [0.2, 0.25) is 0 Å². The summed E-state index contributed by atoms with van der Waals surface area (Å²) in [7, 11) is 0. The summed E-state index contributed by atoms with van der Waals surface area (Å²) in [5.41, 5.74) is 0.101. The van der Waals surface area contributed by atoms with Crippen molar-refractivity contribution in [2.45, 2.75) is 6.42 Å². The predicted molar refractivity (Wildman–Crippen MR) is 74.3 cm³/mol. The predicted octanol–water partition coefficient (Wildman–Crippen LogP) is 1.74. The van der Waals surface area contributed by atoms with Crippen molar-refractivity contribution in [2.75, 3.05) is 11.9 Å². The first-order valence-electron chi connectivity index (χ1n) is 6.08. The van der Waals surface area contributed by atoms with E-state index in [1.165, 1.54) is 0 Å². The number of hydrogen-bond acceptors (Lipinski definition) is 6. The van der Waals surface area contributed by atoms with Crippen LogP contribution in [0.1, 0.15) is 15.9 Å². The number of anilines is 1. The molecule has 0 spiro atoms. The van der Waals surface area contributed by atoms with E-state index < -0.39 is 16.6 Å². The molecular formula is C13H12N4O4. The van der Waals surface area contributed by atoms with Crippen LogP contribution >= 0.6 is 0 Å². The van der Waals surface area contributed by atoms with Crippen LogP contribution in [-0.4, -0.2) is 32.5 Å². The molecule has 0 amide bonds. The van der Waals surface area contributed by atoms with E-state index in [0.717, 1.165) is 17.8 Å². The van der Waals surface area contributed by atoms with E-state index in [1.54, 1.807) is 12.4 Å². The van der Waals surface area contributed by atoms with Crippen LogP contribution < -0.4 is 5.32 Å². The van der Waals surface area contributed by atoms with Crippen molar-refractivity contribution >= 4 is 17.5 Å². The van der Waals surface area contributed by atoms with Gasteiger partial charge in [0, 0.05) is 25.0 Å². The quantitative estimate of drug-likeness (QED) is 0.613. The van der Waals surface area contributed by atoms with E-state index >= 15 is 0 Å². The molecule has 0 aliphatic rings. The zero-order valence-corrected chi connectivity index (χ0v) is 10.9. The first kappa shape index (κ1) is 14.4. The molecule has 2 heterocycles. The summed E-state index contributed by atoms with van der Waals surface area (Å²) in [4.78, 5) is 28.8. The second-order valence-corrected chi connectivity index (χ2v) is 4.19. The number of nitrogens with one attached hydrogen (secondary N) is 1. The lowest BCUT2D eigenvalue weighted by atomic mass is 10.2. The molecule has 0 aliphatic carbocycles. The van der Waals surface area contributed by atoms with Crippen molar-refractivity contribution in [3.05, 3.63) is 58.0 Å². The molecule has 2 aromatic heterocycles. The molecule has 0 aromatic carbocycles. The van der Waals surface area contributed by atoms with Crippen molar-refractivity contribution in [3.63, 3.8) is 0 Å². The number of carbonyl (C=O) groups is 1. The molecule has 0 saturated heterocycles. The van der Waals surface area contributed by atoms with Crippen molar-refractivity contribution in [3.8, 4) is 0 Å². The molecule has 21 heavy (non-hydrogen) atoms. The van der Waals surface area contributed by atoms with E-state index in [2.05, 4.69) is 15.3 Å². The van der Waals surface area contributed by atoms with E-state index in [1.807, 2.05) is 12.1 Å².